The van der Waals surface area contributed by atoms with Gasteiger partial charge in [-0.25, -0.2) is 0 Å². The molecule has 0 atom stereocenters. The van der Waals surface area contributed by atoms with Gasteiger partial charge in [-0.15, -0.1) is 0 Å². The molecule has 76 valence electrons. The topological polar surface area (TPSA) is 43.1 Å². The third-order valence-electron chi connectivity index (χ3n) is 3.17. The van der Waals surface area contributed by atoms with Crippen molar-refractivity contribution in [2.75, 3.05) is 0 Å². The molecule has 1 amide bonds. The van der Waals surface area contributed by atoms with Gasteiger partial charge in [0.2, 0.25) is 0 Å². The second kappa shape index (κ2) is 3.97. The van der Waals surface area contributed by atoms with E-state index in [0.29, 0.717) is 5.56 Å². The monoisotopic (exact) mass is 205 g/mol. The van der Waals surface area contributed by atoms with Gasteiger partial charge >= 0.3 is 104 Å². The molecule has 0 unspecified atom stereocenters. The molecule has 0 heterocycles. The summed E-state index contributed by atoms with van der Waals surface area (Å²) in [6.45, 7) is 4.07. The Hall–Kier alpha value is -1.23. The van der Waals surface area contributed by atoms with Crippen LogP contribution in [0.4, 0.5) is 0 Å². The van der Waals surface area contributed by atoms with E-state index in [1.165, 1.54) is 5.56 Å². The Morgan fingerprint density at radius 1 is 1.19 bits per heavy atom. The summed E-state index contributed by atoms with van der Waals surface area (Å²) < 4.78 is 0.939. The molecule has 0 fully saturated rings. The normalized spacial score (nSPS) is 10.8. The molecule has 3 heteroatoms. The summed E-state index contributed by atoms with van der Waals surface area (Å²) in [6, 6.07) is 8.07. The number of carbonyl (C=O) groups excluding carboxylic acids is 1. The van der Waals surface area contributed by atoms with Gasteiger partial charge in [0.15, 0.2) is 0 Å². The second-order valence-electron chi connectivity index (χ2n) is 4.23. The zero-order valence-electron chi connectivity index (χ0n) is 9.79. The fraction of sp³-hybridized carbons (Fsp3) is 0.154. The number of fused-ring (bicyclic) bond motifs is 1. The Morgan fingerprint density at radius 3 is 2.44 bits per heavy atom. The van der Waals surface area contributed by atoms with Crippen LogP contribution in [0.15, 0.2) is 24.3 Å². The molecule has 2 rings (SSSR count). The molecule has 2 nitrogen and oxygen atoms in total. The molecular weight excluding hydrogens is 193 g/mol. The van der Waals surface area contributed by atoms with Gasteiger partial charge in [-0.1, -0.05) is 0 Å². The fourth-order valence-corrected chi connectivity index (χ4v) is 2.12. The molecule has 16 heavy (non-hydrogen) atoms. The van der Waals surface area contributed by atoms with Crippen LogP contribution < -0.4 is 9.97 Å². The molecule has 2 aromatic rings. The Balaban J connectivity index is 3.01. The van der Waals surface area contributed by atoms with Gasteiger partial charge in [0.05, 0.1) is 0 Å². The Labute approximate surface area is 104 Å². The first kappa shape index (κ1) is 11.3. The number of hydrogen-bond acceptors (Lipinski definition) is 1. The van der Waals surface area contributed by atoms with Crippen LogP contribution in [0.25, 0.3) is 10.8 Å². The van der Waals surface area contributed by atoms with Gasteiger partial charge in [-0.05, 0) is 0 Å². The Morgan fingerprint density at radius 2 is 1.81 bits per heavy atom. The number of amides is 1. The van der Waals surface area contributed by atoms with E-state index in [0.717, 1.165) is 20.6 Å². The predicted molar refractivity (Wildman–Crippen MR) is 67.3 cm³/mol. The third kappa shape index (κ3) is 1.65. The van der Waals surface area contributed by atoms with Crippen LogP contribution in [-0.2, 0) is 0 Å². The maximum absolute atomic E-state index is 11.5. The van der Waals surface area contributed by atoms with Crippen molar-refractivity contribution in [1.29, 1.82) is 0 Å². The van der Waals surface area contributed by atoms with E-state index in [4.69, 9.17) is 5.73 Å². The van der Waals surface area contributed by atoms with Gasteiger partial charge in [0.1, 0.15) is 0 Å². The van der Waals surface area contributed by atoms with Gasteiger partial charge in [0.25, 0.3) is 0 Å². The molecule has 0 aliphatic heterocycles. The first-order valence-corrected chi connectivity index (χ1v) is 5.31. The predicted octanol–water partition coefficient (Wildman–Crippen LogP) is 1.35. The molecule has 0 aliphatic carbocycles. The number of aryl methyl sites for hydroxylation is 2. The van der Waals surface area contributed by atoms with Crippen molar-refractivity contribution in [3.05, 3.63) is 41.0 Å². The van der Waals surface area contributed by atoms with Gasteiger partial charge in [-0.2, -0.15) is 0 Å². The minimum absolute atomic E-state index is 0.350. The van der Waals surface area contributed by atoms with Crippen molar-refractivity contribution in [3.8, 4) is 0 Å². The van der Waals surface area contributed by atoms with Crippen molar-refractivity contribution in [1.82, 2.24) is 0 Å². The van der Waals surface area contributed by atoms with Gasteiger partial charge in [0, 0.05) is 0 Å². The zero-order chi connectivity index (χ0) is 11.9. The Bertz CT molecular complexity index is 585. The van der Waals surface area contributed by atoms with Crippen LogP contribution in [0.1, 0.15) is 21.5 Å². The molecule has 0 saturated carbocycles. The van der Waals surface area contributed by atoms with Crippen LogP contribution in [-0.4, -0.2) is 23.6 Å². The maximum atomic E-state index is 11.5. The number of carbonyl (C=O) groups is 1. The van der Waals surface area contributed by atoms with Crippen molar-refractivity contribution in [2.45, 2.75) is 13.8 Å². The van der Waals surface area contributed by atoms with Crippen LogP contribution in [0.2, 0.25) is 0 Å². The average Bonchev–Trinajstić information content (AvgIpc) is 2.23. The first-order chi connectivity index (χ1) is 7.52. The van der Waals surface area contributed by atoms with Crippen molar-refractivity contribution >= 4 is 38.6 Å². The average molecular weight is 205 g/mol. The SMILES string of the molecule is [Li][c]1ccc2ccc(C)c(C)c2c1C(N)=O. The second-order valence-corrected chi connectivity index (χ2v) is 4.23. The number of benzene rings is 2. The first-order valence-electron chi connectivity index (χ1n) is 5.31. The van der Waals surface area contributed by atoms with Crippen LogP contribution in [0.3, 0.4) is 0 Å². The summed E-state index contributed by atoms with van der Waals surface area (Å²) in [4.78, 5) is 11.5. The number of nitrogens with two attached hydrogens (primary N) is 1. The van der Waals surface area contributed by atoms with Gasteiger partial charge < -0.3 is 0 Å². The molecule has 0 aromatic heterocycles. The third-order valence-corrected chi connectivity index (χ3v) is 3.17. The summed E-state index contributed by atoms with van der Waals surface area (Å²) in [5, 5.41) is 2.06. The zero-order valence-corrected chi connectivity index (χ0v) is 9.79. The van der Waals surface area contributed by atoms with Crippen molar-refractivity contribution in [3.63, 3.8) is 0 Å². The molecule has 0 saturated heterocycles. The van der Waals surface area contributed by atoms with E-state index < -0.39 is 0 Å². The molecule has 0 radical (unpaired) electrons. The molecule has 2 N–H and O–H groups in total. The van der Waals surface area contributed by atoms with E-state index in [1.54, 1.807) is 0 Å². The van der Waals surface area contributed by atoms with Crippen LogP contribution in [0, 0.1) is 13.8 Å². The fourth-order valence-electron chi connectivity index (χ4n) is 2.12. The number of primary amides is 1. The summed E-state index contributed by atoms with van der Waals surface area (Å²) in [6.07, 6.45) is 0. The summed E-state index contributed by atoms with van der Waals surface area (Å²) in [7, 11) is 0. The summed E-state index contributed by atoms with van der Waals surface area (Å²) in [5.74, 6) is -0.350. The molecular formula is C13H12LiNO. The van der Waals surface area contributed by atoms with Gasteiger partial charge in [-0.3, -0.25) is 0 Å². The molecule has 0 bridgehead atoms. The number of rotatable bonds is 1. The van der Waals surface area contributed by atoms with E-state index in [2.05, 4.69) is 6.07 Å². The van der Waals surface area contributed by atoms with E-state index >= 15 is 0 Å². The van der Waals surface area contributed by atoms with Crippen LogP contribution in [0.5, 0.6) is 0 Å². The van der Waals surface area contributed by atoms with E-state index in [9.17, 15) is 4.79 Å². The minimum atomic E-state index is -0.350. The number of hydrogen-bond donors (Lipinski definition) is 1. The van der Waals surface area contributed by atoms with E-state index in [1.807, 2.05) is 49.8 Å². The van der Waals surface area contributed by atoms with Crippen LogP contribution >= 0.6 is 0 Å². The summed E-state index contributed by atoms with van der Waals surface area (Å²) >= 11 is 1.92. The van der Waals surface area contributed by atoms with E-state index in [-0.39, 0.29) is 5.91 Å². The quantitative estimate of drug-likeness (QED) is 0.701. The summed E-state index contributed by atoms with van der Waals surface area (Å²) in [5.41, 5.74) is 8.43. The van der Waals surface area contributed by atoms with Crippen molar-refractivity contribution < 1.29 is 4.79 Å². The Kier molecular flexibility index (Phi) is 2.80. The molecule has 0 aliphatic rings. The molecule has 0 spiro atoms. The molecule has 2 aromatic carbocycles. The van der Waals surface area contributed by atoms with Crippen molar-refractivity contribution in [2.24, 2.45) is 5.73 Å². The standard InChI is InChI=1S/C13H12NO.Li/c1-8-6-7-10-4-3-5-11(13(14)15)12(10)9(8)2;/h3-4,6-7H,1-2H3,(H2,14,15);.